The van der Waals surface area contributed by atoms with E-state index in [-0.39, 0.29) is 29.8 Å². The number of rotatable bonds is 5. The third-order valence-electron chi connectivity index (χ3n) is 4.28. The number of aliphatic hydroxyl groups excluding tert-OH is 1. The summed E-state index contributed by atoms with van der Waals surface area (Å²) in [5.41, 5.74) is 0.955. The fourth-order valence-electron chi connectivity index (χ4n) is 2.81. The van der Waals surface area contributed by atoms with Gasteiger partial charge in [0, 0.05) is 31.1 Å². The highest BCUT2D eigenvalue weighted by atomic mass is 35.5. The zero-order chi connectivity index (χ0) is 18.7. The summed E-state index contributed by atoms with van der Waals surface area (Å²) in [5, 5.41) is 18.9. The van der Waals surface area contributed by atoms with Crippen LogP contribution in [0.15, 0.2) is 30.3 Å². The Balaban J connectivity index is 0.00000261. The smallest absolute Gasteiger partial charge is 0.261 e. The number of β-amino-alcohol motifs (C(OH)–C–C–N with tert-alkyl or cyclic N) is 1. The number of amides is 2. The minimum Gasteiger partial charge on any atom is -0.391 e. The van der Waals surface area contributed by atoms with Gasteiger partial charge >= 0.3 is 0 Å². The van der Waals surface area contributed by atoms with Gasteiger partial charge in [-0.2, -0.15) is 0 Å². The molecule has 6 nitrogen and oxygen atoms in total. The minimum atomic E-state index is -0.483. The van der Waals surface area contributed by atoms with Crippen LogP contribution in [-0.2, 0) is 0 Å². The molecule has 1 fully saturated rings. The molecule has 1 aliphatic heterocycles. The van der Waals surface area contributed by atoms with Gasteiger partial charge in [0.05, 0.1) is 16.0 Å². The van der Waals surface area contributed by atoms with Gasteiger partial charge in [-0.25, -0.2) is 4.39 Å². The van der Waals surface area contributed by atoms with Crippen LogP contribution < -0.4 is 16.0 Å². The largest absolute Gasteiger partial charge is 0.391 e. The van der Waals surface area contributed by atoms with Crippen LogP contribution in [0.25, 0.3) is 0 Å². The van der Waals surface area contributed by atoms with E-state index in [2.05, 4.69) is 16.0 Å². The molecule has 1 aromatic carbocycles. The number of hydrogen-bond acceptors (Lipinski definition) is 5. The SMILES string of the molecule is Cc1cc(NC(=O)c2cccc(F)c2)sc1C(=O)NCC1CNCC1O.Cl. The Kier molecular flexibility index (Phi) is 7.32. The highest BCUT2D eigenvalue weighted by Crippen LogP contribution is 2.27. The maximum absolute atomic E-state index is 13.2. The number of aliphatic hydroxyl groups is 1. The first-order valence-corrected chi connectivity index (χ1v) is 9.10. The molecule has 2 amide bonds. The molecule has 1 saturated heterocycles. The zero-order valence-corrected chi connectivity index (χ0v) is 16.3. The molecule has 9 heteroatoms. The van der Waals surface area contributed by atoms with Crippen molar-refractivity contribution in [3.63, 3.8) is 0 Å². The molecule has 0 bridgehead atoms. The van der Waals surface area contributed by atoms with Crippen molar-refractivity contribution in [1.82, 2.24) is 10.6 Å². The van der Waals surface area contributed by atoms with Crippen molar-refractivity contribution in [3.8, 4) is 0 Å². The van der Waals surface area contributed by atoms with Gasteiger partial charge in [-0.05, 0) is 36.8 Å². The van der Waals surface area contributed by atoms with E-state index in [1.807, 2.05) is 0 Å². The van der Waals surface area contributed by atoms with Crippen molar-refractivity contribution < 1.29 is 19.1 Å². The van der Waals surface area contributed by atoms with Crippen molar-refractivity contribution in [2.45, 2.75) is 13.0 Å². The second-order valence-corrected chi connectivity index (χ2v) is 7.34. The molecule has 2 heterocycles. The van der Waals surface area contributed by atoms with Gasteiger partial charge in [0.1, 0.15) is 5.82 Å². The van der Waals surface area contributed by atoms with Gasteiger partial charge in [-0.3, -0.25) is 9.59 Å². The number of carbonyl (C=O) groups is 2. The van der Waals surface area contributed by atoms with Crippen LogP contribution in [0.1, 0.15) is 25.6 Å². The van der Waals surface area contributed by atoms with Crippen molar-refractivity contribution in [2.75, 3.05) is 25.0 Å². The number of aryl methyl sites for hydroxylation is 1. The Morgan fingerprint density at radius 2 is 2.07 bits per heavy atom. The van der Waals surface area contributed by atoms with E-state index in [0.29, 0.717) is 29.5 Å². The third kappa shape index (κ3) is 5.26. The fraction of sp³-hybridized carbons (Fsp3) is 0.333. The Hall–Kier alpha value is -2.00. The predicted octanol–water partition coefficient (Wildman–Crippen LogP) is 2.18. The van der Waals surface area contributed by atoms with Crippen molar-refractivity contribution in [1.29, 1.82) is 0 Å². The molecule has 2 unspecified atom stereocenters. The molecule has 0 aliphatic carbocycles. The Morgan fingerprint density at radius 3 is 2.74 bits per heavy atom. The average Bonchev–Trinajstić information content (AvgIpc) is 3.18. The number of hydrogen-bond donors (Lipinski definition) is 4. The van der Waals surface area contributed by atoms with Gasteiger partial charge in [0.15, 0.2) is 0 Å². The predicted molar refractivity (Wildman–Crippen MR) is 105 cm³/mol. The molecular formula is C18H21ClFN3O3S. The third-order valence-corrected chi connectivity index (χ3v) is 5.43. The summed E-state index contributed by atoms with van der Waals surface area (Å²) >= 11 is 1.16. The van der Waals surface area contributed by atoms with Crippen LogP contribution in [0.2, 0.25) is 0 Å². The number of anilines is 1. The summed E-state index contributed by atoms with van der Waals surface area (Å²) in [6.45, 7) is 3.37. The number of carbonyl (C=O) groups excluding carboxylic acids is 2. The first-order chi connectivity index (χ1) is 12.4. The zero-order valence-electron chi connectivity index (χ0n) is 14.6. The molecule has 4 N–H and O–H groups in total. The highest BCUT2D eigenvalue weighted by Gasteiger charge is 2.25. The summed E-state index contributed by atoms with van der Waals surface area (Å²) in [6, 6.07) is 7.13. The molecule has 3 rings (SSSR count). The average molecular weight is 414 g/mol. The standard InChI is InChI=1S/C18H20FN3O3S.ClH/c1-10-5-15(22-17(24)11-3-2-4-13(19)6-11)26-16(10)18(25)21-8-12-7-20-9-14(12)23;/h2-6,12,14,20,23H,7-9H2,1H3,(H,21,25)(H,22,24);1H. The summed E-state index contributed by atoms with van der Waals surface area (Å²) in [4.78, 5) is 25.1. The summed E-state index contributed by atoms with van der Waals surface area (Å²) in [7, 11) is 0. The van der Waals surface area contributed by atoms with E-state index in [1.165, 1.54) is 18.2 Å². The van der Waals surface area contributed by atoms with E-state index >= 15 is 0 Å². The van der Waals surface area contributed by atoms with E-state index in [0.717, 1.165) is 23.0 Å². The molecule has 0 radical (unpaired) electrons. The second kappa shape index (κ2) is 9.27. The van der Waals surface area contributed by atoms with Crippen LogP contribution in [0.4, 0.5) is 9.39 Å². The lowest BCUT2D eigenvalue weighted by molar-refractivity contribution is 0.0929. The van der Waals surface area contributed by atoms with Crippen LogP contribution in [0.3, 0.4) is 0 Å². The molecular weight excluding hydrogens is 393 g/mol. The van der Waals surface area contributed by atoms with Gasteiger partial charge in [0.25, 0.3) is 11.8 Å². The quantitative estimate of drug-likeness (QED) is 0.604. The number of thiophene rings is 1. The number of nitrogens with one attached hydrogen (secondary N) is 3. The van der Waals surface area contributed by atoms with E-state index in [4.69, 9.17) is 0 Å². The molecule has 1 aliphatic rings. The first kappa shape index (κ1) is 21.3. The Morgan fingerprint density at radius 1 is 1.30 bits per heavy atom. The molecule has 0 spiro atoms. The summed E-state index contributed by atoms with van der Waals surface area (Å²) in [5.74, 6) is -1.16. The maximum atomic E-state index is 13.2. The number of benzene rings is 1. The lowest BCUT2D eigenvalue weighted by Crippen LogP contribution is -2.34. The fourth-order valence-corrected chi connectivity index (χ4v) is 3.80. The van der Waals surface area contributed by atoms with E-state index < -0.39 is 17.8 Å². The monoisotopic (exact) mass is 413 g/mol. The molecule has 0 saturated carbocycles. The van der Waals surface area contributed by atoms with Crippen molar-refractivity contribution in [2.24, 2.45) is 5.92 Å². The van der Waals surface area contributed by atoms with E-state index in [9.17, 15) is 19.1 Å². The maximum Gasteiger partial charge on any atom is 0.261 e. The summed E-state index contributed by atoms with van der Waals surface area (Å²) in [6.07, 6.45) is -0.458. The van der Waals surface area contributed by atoms with Gasteiger partial charge in [-0.15, -0.1) is 23.7 Å². The molecule has 1 aromatic heterocycles. The minimum absolute atomic E-state index is 0. The topological polar surface area (TPSA) is 90.5 Å². The normalized spacial score (nSPS) is 18.6. The van der Waals surface area contributed by atoms with Crippen LogP contribution in [0, 0.1) is 18.7 Å². The Bertz CT molecular complexity index is 830. The summed E-state index contributed by atoms with van der Waals surface area (Å²) < 4.78 is 13.2. The van der Waals surface area contributed by atoms with Gasteiger partial charge < -0.3 is 21.1 Å². The molecule has 146 valence electrons. The lowest BCUT2D eigenvalue weighted by Gasteiger charge is -2.13. The first-order valence-electron chi connectivity index (χ1n) is 8.28. The van der Waals surface area contributed by atoms with Crippen LogP contribution in [0.5, 0.6) is 0 Å². The number of halogens is 2. The van der Waals surface area contributed by atoms with Crippen molar-refractivity contribution >= 4 is 40.6 Å². The van der Waals surface area contributed by atoms with Gasteiger partial charge in [0.2, 0.25) is 0 Å². The van der Waals surface area contributed by atoms with Crippen LogP contribution >= 0.6 is 23.7 Å². The lowest BCUT2D eigenvalue weighted by atomic mass is 10.1. The Labute approximate surface area is 166 Å². The second-order valence-electron chi connectivity index (χ2n) is 6.28. The van der Waals surface area contributed by atoms with Crippen molar-refractivity contribution in [3.05, 3.63) is 52.2 Å². The molecule has 2 atom stereocenters. The van der Waals surface area contributed by atoms with Crippen LogP contribution in [-0.4, -0.2) is 42.7 Å². The van der Waals surface area contributed by atoms with E-state index in [1.54, 1.807) is 13.0 Å². The molecule has 27 heavy (non-hydrogen) atoms. The highest BCUT2D eigenvalue weighted by molar-refractivity contribution is 7.18. The molecule has 2 aromatic rings. The van der Waals surface area contributed by atoms with Gasteiger partial charge in [-0.1, -0.05) is 6.07 Å².